The van der Waals surface area contributed by atoms with E-state index in [1.807, 2.05) is 12.1 Å². The molecule has 3 nitrogen and oxygen atoms in total. The van der Waals surface area contributed by atoms with E-state index >= 15 is 0 Å². The van der Waals surface area contributed by atoms with Gasteiger partial charge in [0, 0.05) is 17.6 Å². The second-order valence-corrected chi connectivity index (χ2v) is 7.59. The summed E-state index contributed by atoms with van der Waals surface area (Å²) in [7, 11) is 3.02. The lowest BCUT2D eigenvalue weighted by Crippen LogP contribution is -2.18. The number of benzene rings is 1. The van der Waals surface area contributed by atoms with Crippen molar-refractivity contribution in [2.24, 2.45) is 0 Å². The molecule has 0 aromatic heterocycles. The third-order valence-corrected chi connectivity index (χ3v) is 6.00. The summed E-state index contributed by atoms with van der Waals surface area (Å²) in [4.78, 5) is 0. The van der Waals surface area contributed by atoms with E-state index in [0.717, 1.165) is 30.3 Å². The molecule has 0 aliphatic carbocycles. The van der Waals surface area contributed by atoms with Gasteiger partial charge in [-0.05, 0) is 17.7 Å². The molecule has 0 aliphatic rings. The highest BCUT2D eigenvalue weighted by Gasteiger charge is 2.09. The van der Waals surface area contributed by atoms with Gasteiger partial charge in [-0.1, -0.05) is 18.2 Å². The van der Waals surface area contributed by atoms with E-state index in [4.69, 9.17) is 14.2 Å². The quantitative estimate of drug-likeness (QED) is 0.387. The lowest BCUT2D eigenvalue weighted by molar-refractivity contribution is 0.139. The van der Waals surface area contributed by atoms with Gasteiger partial charge in [-0.15, -0.1) is 0 Å². The number of para-hydroxylation sites is 1. The zero-order chi connectivity index (χ0) is 14.8. The second-order valence-electron chi connectivity index (χ2n) is 4.52. The van der Waals surface area contributed by atoms with Crippen molar-refractivity contribution >= 4 is 40.0 Å². The molecule has 20 heavy (non-hydrogen) atoms. The van der Waals surface area contributed by atoms with E-state index in [2.05, 4.69) is 31.3 Å². The minimum Gasteiger partial charge on any atom is -0.493 e. The molecule has 0 amide bonds. The van der Waals surface area contributed by atoms with Crippen molar-refractivity contribution in [3.63, 3.8) is 0 Å². The van der Waals surface area contributed by atoms with Crippen molar-refractivity contribution in [3.8, 4) is 11.5 Å². The number of hydrogen-bond acceptors (Lipinski definition) is 5. The van der Waals surface area contributed by atoms with Crippen LogP contribution in [0, 0.1) is 0 Å². The monoisotopic (exact) mass is 332 g/mol. The number of rotatable bonds is 10. The largest absolute Gasteiger partial charge is 0.493 e. The Morgan fingerprint density at radius 2 is 2.05 bits per heavy atom. The summed E-state index contributed by atoms with van der Waals surface area (Å²) < 4.78 is 16.3. The fourth-order valence-electron chi connectivity index (χ4n) is 1.94. The van der Waals surface area contributed by atoms with Crippen molar-refractivity contribution in [2.75, 3.05) is 33.2 Å². The molecule has 0 aliphatic heterocycles. The fourth-order valence-corrected chi connectivity index (χ4v) is 3.84. The molecule has 0 spiro atoms. The van der Waals surface area contributed by atoms with Crippen LogP contribution >= 0.6 is 25.3 Å². The van der Waals surface area contributed by atoms with Gasteiger partial charge in [0.15, 0.2) is 11.5 Å². The molecule has 0 fully saturated rings. The molecule has 0 saturated heterocycles. The molecule has 0 bridgehead atoms. The van der Waals surface area contributed by atoms with Crippen LogP contribution in [0.2, 0.25) is 6.04 Å². The first-order chi connectivity index (χ1) is 9.72. The predicted octanol–water partition coefficient (Wildman–Crippen LogP) is 1.55. The van der Waals surface area contributed by atoms with Gasteiger partial charge >= 0.3 is 0 Å². The first-order valence-corrected chi connectivity index (χ1v) is 9.65. The van der Waals surface area contributed by atoms with Gasteiger partial charge in [-0.3, -0.25) is 0 Å². The van der Waals surface area contributed by atoms with Gasteiger partial charge in [-0.2, -0.15) is 25.3 Å². The molecule has 1 rings (SSSR count). The van der Waals surface area contributed by atoms with Crippen LogP contribution in [0.3, 0.4) is 0 Å². The molecule has 1 unspecified atom stereocenters. The molecular formula is C14H24O3S2Si. The van der Waals surface area contributed by atoms with Crippen molar-refractivity contribution in [2.45, 2.75) is 17.7 Å². The minimum absolute atomic E-state index is 0.231. The van der Waals surface area contributed by atoms with Crippen LogP contribution in [0.25, 0.3) is 0 Å². The first kappa shape index (κ1) is 17.7. The molecule has 114 valence electrons. The molecule has 6 heteroatoms. The minimum atomic E-state index is -0.354. The maximum absolute atomic E-state index is 5.57. The van der Waals surface area contributed by atoms with Crippen LogP contribution in [0.5, 0.6) is 11.5 Å². The average Bonchev–Trinajstić information content (AvgIpc) is 2.49. The standard InChI is InChI=1S/C14H24O3S2Si/c1-15-12-5-3-6-13(14(12)16-2)20-8-4-7-17-9-11(19)10-18/h3,5-6,11,18-19H,4,7-10,20H2,1-2H3. The van der Waals surface area contributed by atoms with Crippen LogP contribution < -0.4 is 14.7 Å². The average molecular weight is 333 g/mol. The maximum Gasteiger partial charge on any atom is 0.160 e. The Kier molecular flexibility index (Phi) is 9.25. The lowest BCUT2D eigenvalue weighted by Gasteiger charge is -2.12. The van der Waals surface area contributed by atoms with E-state index in [1.165, 1.54) is 11.2 Å². The Bertz CT molecular complexity index is 391. The number of thiol groups is 2. The van der Waals surface area contributed by atoms with Crippen molar-refractivity contribution in [1.29, 1.82) is 0 Å². The molecule has 0 N–H and O–H groups in total. The number of methoxy groups -OCH3 is 2. The van der Waals surface area contributed by atoms with Gasteiger partial charge < -0.3 is 14.2 Å². The summed E-state index contributed by atoms with van der Waals surface area (Å²) in [5, 5.41) is 1.54. The summed E-state index contributed by atoms with van der Waals surface area (Å²) in [6.07, 6.45) is 1.08. The molecule has 1 atom stereocenters. The van der Waals surface area contributed by atoms with Crippen molar-refractivity contribution in [1.82, 2.24) is 0 Å². The van der Waals surface area contributed by atoms with Crippen LogP contribution in [0.15, 0.2) is 18.2 Å². The zero-order valence-electron chi connectivity index (χ0n) is 12.2. The van der Waals surface area contributed by atoms with E-state index < -0.39 is 0 Å². The van der Waals surface area contributed by atoms with Crippen molar-refractivity contribution in [3.05, 3.63) is 18.2 Å². The zero-order valence-corrected chi connectivity index (χ0v) is 15.4. The molecule has 0 saturated carbocycles. The summed E-state index contributed by atoms with van der Waals surface area (Å²) in [5.41, 5.74) is 0. The Labute approximate surface area is 135 Å². The van der Waals surface area contributed by atoms with Gasteiger partial charge in [0.2, 0.25) is 0 Å². The topological polar surface area (TPSA) is 27.7 Å². The molecular weight excluding hydrogens is 308 g/mol. The summed E-state index contributed by atoms with van der Waals surface area (Å²) in [6, 6.07) is 7.29. The van der Waals surface area contributed by atoms with Crippen LogP contribution in [-0.2, 0) is 4.74 Å². The Morgan fingerprint density at radius 3 is 2.70 bits per heavy atom. The van der Waals surface area contributed by atoms with Gasteiger partial charge in [0.25, 0.3) is 0 Å². The van der Waals surface area contributed by atoms with E-state index in [-0.39, 0.29) is 14.8 Å². The van der Waals surface area contributed by atoms with Crippen LogP contribution in [0.1, 0.15) is 6.42 Å². The lowest BCUT2D eigenvalue weighted by atomic mass is 10.3. The third kappa shape index (κ3) is 5.99. The smallest absolute Gasteiger partial charge is 0.160 e. The SMILES string of the molecule is COc1cccc([SiH2]CCCOCC(S)CS)c1OC. The third-order valence-electron chi connectivity index (χ3n) is 2.99. The molecule has 1 aromatic rings. The summed E-state index contributed by atoms with van der Waals surface area (Å²) in [5.74, 6) is 2.47. The maximum atomic E-state index is 5.57. The highest BCUT2D eigenvalue weighted by atomic mass is 32.1. The Morgan fingerprint density at radius 1 is 1.25 bits per heavy atom. The number of hydrogen-bond donors (Lipinski definition) is 2. The summed E-state index contributed by atoms with van der Waals surface area (Å²) in [6.45, 7) is 1.47. The van der Waals surface area contributed by atoms with E-state index in [1.54, 1.807) is 14.2 Å². The van der Waals surface area contributed by atoms with Crippen molar-refractivity contribution < 1.29 is 14.2 Å². The van der Waals surface area contributed by atoms with Gasteiger partial charge in [-0.25, -0.2) is 0 Å². The van der Waals surface area contributed by atoms with Gasteiger partial charge in [0.05, 0.1) is 30.3 Å². The summed E-state index contributed by atoms with van der Waals surface area (Å²) >= 11 is 8.51. The van der Waals surface area contributed by atoms with Crippen LogP contribution in [0.4, 0.5) is 0 Å². The molecule has 0 heterocycles. The molecule has 1 aromatic carbocycles. The highest BCUT2D eigenvalue weighted by Crippen LogP contribution is 2.23. The Balaban J connectivity index is 2.32. The predicted molar refractivity (Wildman–Crippen MR) is 94.6 cm³/mol. The van der Waals surface area contributed by atoms with Crippen LogP contribution in [-0.4, -0.2) is 48.0 Å². The van der Waals surface area contributed by atoms with E-state index in [9.17, 15) is 0 Å². The fraction of sp³-hybridized carbons (Fsp3) is 0.571. The number of ether oxygens (including phenoxy) is 3. The Hall–Kier alpha value is -0.303. The second kappa shape index (κ2) is 10.4. The first-order valence-electron chi connectivity index (χ1n) is 6.79. The van der Waals surface area contributed by atoms with Gasteiger partial charge in [0.1, 0.15) is 0 Å². The van der Waals surface area contributed by atoms with E-state index in [0.29, 0.717) is 6.61 Å². The normalized spacial score (nSPS) is 12.8. The highest BCUT2D eigenvalue weighted by molar-refractivity contribution is 7.84. The molecule has 0 radical (unpaired) electrons.